The first-order valence-corrected chi connectivity index (χ1v) is 7.45. The summed E-state index contributed by atoms with van der Waals surface area (Å²) in [5.41, 5.74) is 0.955. The molecule has 102 valence electrons. The van der Waals surface area contributed by atoms with E-state index in [-0.39, 0.29) is 0 Å². The molecule has 1 aliphatic rings. The van der Waals surface area contributed by atoms with Crippen LogP contribution in [0.15, 0.2) is 0 Å². The van der Waals surface area contributed by atoms with Gasteiger partial charge in [0.05, 0.1) is 22.8 Å². The Morgan fingerprint density at radius 1 is 1.50 bits per heavy atom. The Morgan fingerprint density at radius 3 is 2.67 bits per heavy atom. The Hall–Kier alpha value is -0.650. The summed E-state index contributed by atoms with van der Waals surface area (Å²) in [6.45, 7) is 8.60. The van der Waals surface area contributed by atoms with Crippen molar-refractivity contribution in [1.82, 2.24) is 4.98 Å². The molecule has 0 aliphatic carbocycles. The Balaban J connectivity index is 1.99. The van der Waals surface area contributed by atoms with Gasteiger partial charge in [0.2, 0.25) is 0 Å². The minimum Gasteiger partial charge on any atom is -0.388 e. The van der Waals surface area contributed by atoms with Crippen LogP contribution < -0.4 is 4.90 Å². The molecule has 1 aliphatic heterocycles. The number of anilines is 1. The highest BCUT2D eigenvalue weighted by atomic mass is 32.1. The smallest absolute Gasteiger partial charge is 0.185 e. The van der Waals surface area contributed by atoms with Crippen molar-refractivity contribution in [3.05, 3.63) is 10.6 Å². The minimum atomic E-state index is -0.419. The topological polar surface area (TPSA) is 45.6 Å². The number of hydrogen-bond acceptors (Lipinski definition) is 5. The zero-order chi connectivity index (χ0) is 13.1. The van der Waals surface area contributed by atoms with Gasteiger partial charge in [-0.05, 0) is 33.6 Å². The van der Waals surface area contributed by atoms with E-state index in [0.29, 0.717) is 6.10 Å². The Morgan fingerprint density at radius 2 is 2.17 bits per heavy atom. The number of rotatable bonds is 4. The number of aryl methyl sites for hydroxylation is 1. The highest BCUT2D eigenvalue weighted by molar-refractivity contribution is 7.15. The molecule has 0 radical (unpaired) electrons. The SMILES string of the molecule is CCOC1CCN(c2nc(C)c(C(C)O)s2)CC1. The van der Waals surface area contributed by atoms with Gasteiger partial charge < -0.3 is 14.7 Å². The van der Waals surface area contributed by atoms with Gasteiger partial charge in [0.25, 0.3) is 0 Å². The van der Waals surface area contributed by atoms with Crippen LogP contribution in [0.3, 0.4) is 0 Å². The first-order chi connectivity index (χ1) is 8.61. The molecule has 2 rings (SSSR count). The molecule has 18 heavy (non-hydrogen) atoms. The Kier molecular flexibility index (Phi) is 4.59. The molecule has 1 unspecified atom stereocenters. The Bertz CT molecular complexity index is 384. The molecule has 0 amide bonds. The fourth-order valence-corrected chi connectivity index (χ4v) is 3.42. The van der Waals surface area contributed by atoms with Crippen molar-refractivity contribution in [2.75, 3.05) is 24.6 Å². The van der Waals surface area contributed by atoms with Crippen LogP contribution in [0, 0.1) is 6.92 Å². The van der Waals surface area contributed by atoms with Crippen molar-refractivity contribution in [2.45, 2.75) is 45.8 Å². The van der Waals surface area contributed by atoms with Crippen molar-refractivity contribution in [3.63, 3.8) is 0 Å². The van der Waals surface area contributed by atoms with E-state index < -0.39 is 6.10 Å². The lowest BCUT2D eigenvalue weighted by Gasteiger charge is -2.31. The van der Waals surface area contributed by atoms with Gasteiger partial charge in [-0.15, -0.1) is 0 Å². The molecule has 1 fully saturated rings. The lowest BCUT2D eigenvalue weighted by molar-refractivity contribution is 0.0459. The third-order valence-corrected chi connectivity index (χ3v) is 4.70. The predicted molar refractivity (Wildman–Crippen MR) is 74.3 cm³/mol. The van der Waals surface area contributed by atoms with Gasteiger partial charge in [0.1, 0.15) is 0 Å². The average Bonchev–Trinajstić information content (AvgIpc) is 2.73. The van der Waals surface area contributed by atoms with E-state index in [1.165, 1.54) is 0 Å². The van der Waals surface area contributed by atoms with Crippen LogP contribution in [0.4, 0.5) is 5.13 Å². The standard InChI is InChI=1S/C13H22N2O2S/c1-4-17-11-5-7-15(8-6-11)13-14-9(2)12(18-13)10(3)16/h10-11,16H,4-8H2,1-3H3. The van der Waals surface area contributed by atoms with E-state index in [0.717, 1.165) is 48.2 Å². The Labute approximate surface area is 113 Å². The summed E-state index contributed by atoms with van der Waals surface area (Å²) in [4.78, 5) is 7.86. The number of aliphatic hydroxyl groups is 1. The molecule has 0 spiro atoms. The van der Waals surface area contributed by atoms with Gasteiger partial charge in [-0.25, -0.2) is 4.98 Å². The second-order valence-corrected chi connectivity index (χ2v) is 5.77. The molecular weight excluding hydrogens is 248 g/mol. The second kappa shape index (κ2) is 5.99. The zero-order valence-corrected chi connectivity index (χ0v) is 12.2. The second-order valence-electron chi connectivity index (χ2n) is 4.76. The van der Waals surface area contributed by atoms with Gasteiger partial charge in [0, 0.05) is 19.7 Å². The van der Waals surface area contributed by atoms with E-state index in [2.05, 4.69) is 9.88 Å². The number of aromatic nitrogens is 1. The van der Waals surface area contributed by atoms with Gasteiger partial charge in [0.15, 0.2) is 5.13 Å². The molecular formula is C13H22N2O2S. The number of piperidine rings is 1. The fraction of sp³-hybridized carbons (Fsp3) is 0.769. The lowest BCUT2D eigenvalue weighted by Crippen LogP contribution is -2.37. The monoisotopic (exact) mass is 270 g/mol. The predicted octanol–water partition coefficient (Wildman–Crippen LogP) is 2.51. The molecule has 1 atom stereocenters. The van der Waals surface area contributed by atoms with Crippen LogP contribution >= 0.6 is 11.3 Å². The van der Waals surface area contributed by atoms with E-state index >= 15 is 0 Å². The number of ether oxygens (including phenoxy) is 1. The summed E-state index contributed by atoms with van der Waals surface area (Å²) in [7, 11) is 0. The maximum Gasteiger partial charge on any atom is 0.185 e. The van der Waals surface area contributed by atoms with Crippen LogP contribution in [0.25, 0.3) is 0 Å². The van der Waals surface area contributed by atoms with Crippen LogP contribution in [-0.2, 0) is 4.74 Å². The van der Waals surface area contributed by atoms with E-state index in [1.807, 2.05) is 13.8 Å². The van der Waals surface area contributed by atoms with Gasteiger partial charge in [-0.1, -0.05) is 11.3 Å². The first kappa shape index (κ1) is 13.8. The summed E-state index contributed by atoms with van der Waals surface area (Å²) in [5, 5.41) is 10.7. The summed E-state index contributed by atoms with van der Waals surface area (Å²) in [6, 6.07) is 0. The molecule has 0 saturated carbocycles. The molecule has 1 aromatic rings. The number of aliphatic hydroxyl groups excluding tert-OH is 1. The summed E-state index contributed by atoms with van der Waals surface area (Å²) in [5.74, 6) is 0. The van der Waals surface area contributed by atoms with Crippen molar-refractivity contribution < 1.29 is 9.84 Å². The molecule has 0 aromatic carbocycles. The first-order valence-electron chi connectivity index (χ1n) is 6.63. The molecule has 5 heteroatoms. The van der Waals surface area contributed by atoms with Gasteiger partial charge in [-0.3, -0.25) is 0 Å². The van der Waals surface area contributed by atoms with Crippen molar-refractivity contribution in [1.29, 1.82) is 0 Å². The van der Waals surface area contributed by atoms with E-state index in [9.17, 15) is 5.11 Å². The quantitative estimate of drug-likeness (QED) is 0.913. The van der Waals surface area contributed by atoms with E-state index in [4.69, 9.17) is 4.74 Å². The average molecular weight is 270 g/mol. The molecule has 0 bridgehead atoms. The van der Waals surface area contributed by atoms with E-state index in [1.54, 1.807) is 18.3 Å². The largest absolute Gasteiger partial charge is 0.388 e. The summed E-state index contributed by atoms with van der Waals surface area (Å²) in [6.07, 6.45) is 2.12. The summed E-state index contributed by atoms with van der Waals surface area (Å²) < 4.78 is 5.65. The zero-order valence-electron chi connectivity index (χ0n) is 11.3. The van der Waals surface area contributed by atoms with Crippen LogP contribution in [0.1, 0.15) is 43.4 Å². The molecule has 2 heterocycles. The van der Waals surface area contributed by atoms with Gasteiger partial charge >= 0.3 is 0 Å². The molecule has 1 aromatic heterocycles. The van der Waals surface area contributed by atoms with Crippen molar-refractivity contribution >= 4 is 16.5 Å². The van der Waals surface area contributed by atoms with Crippen LogP contribution in [0.5, 0.6) is 0 Å². The van der Waals surface area contributed by atoms with Crippen molar-refractivity contribution in [3.8, 4) is 0 Å². The third kappa shape index (κ3) is 3.02. The minimum absolute atomic E-state index is 0.406. The summed E-state index contributed by atoms with van der Waals surface area (Å²) >= 11 is 1.61. The lowest BCUT2D eigenvalue weighted by atomic mass is 10.1. The van der Waals surface area contributed by atoms with Crippen LogP contribution in [-0.4, -0.2) is 35.9 Å². The maximum atomic E-state index is 9.66. The van der Waals surface area contributed by atoms with Crippen LogP contribution in [0.2, 0.25) is 0 Å². The third-order valence-electron chi connectivity index (χ3n) is 3.32. The maximum absolute atomic E-state index is 9.66. The molecule has 1 saturated heterocycles. The number of thiazole rings is 1. The highest BCUT2D eigenvalue weighted by Gasteiger charge is 2.23. The number of nitrogens with zero attached hydrogens (tertiary/aromatic N) is 2. The molecule has 1 N–H and O–H groups in total. The molecule has 4 nitrogen and oxygen atoms in total. The van der Waals surface area contributed by atoms with Gasteiger partial charge in [-0.2, -0.15) is 0 Å². The number of hydrogen-bond donors (Lipinski definition) is 1. The fourth-order valence-electron chi connectivity index (χ4n) is 2.37. The van der Waals surface area contributed by atoms with Crippen molar-refractivity contribution in [2.24, 2.45) is 0 Å². The highest BCUT2D eigenvalue weighted by Crippen LogP contribution is 2.32. The normalized spacial score (nSPS) is 19.2.